The van der Waals surface area contributed by atoms with Gasteiger partial charge >= 0.3 is 0 Å². The molecule has 1 aromatic heterocycles. The van der Waals surface area contributed by atoms with E-state index in [1.807, 2.05) is 31.2 Å². The van der Waals surface area contributed by atoms with Crippen molar-refractivity contribution in [3.63, 3.8) is 0 Å². The van der Waals surface area contributed by atoms with Crippen LogP contribution in [0, 0.1) is 13.8 Å². The van der Waals surface area contributed by atoms with E-state index in [2.05, 4.69) is 5.16 Å². The van der Waals surface area contributed by atoms with Gasteiger partial charge in [0.25, 0.3) is 5.56 Å². The first-order chi connectivity index (χ1) is 10.4. The number of pyridine rings is 1. The van der Waals surface area contributed by atoms with Gasteiger partial charge in [0.1, 0.15) is 6.61 Å². The van der Waals surface area contributed by atoms with Crippen molar-refractivity contribution in [2.24, 2.45) is 5.16 Å². The minimum Gasteiger partial charge on any atom is -0.492 e. The van der Waals surface area contributed by atoms with Crippen LogP contribution in [0.2, 0.25) is 0 Å². The maximum Gasteiger partial charge on any atom is 0.286 e. The largest absolute Gasteiger partial charge is 0.492 e. The lowest BCUT2D eigenvalue weighted by Crippen LogP contribution is -2.20. The Morgan fingerprint density at radius 2 is 1.91 bits per heavy atom. The molecule has 0 saturated carbocycles. The van der Waals surface area contributed by atoms with E-state index < -0.39 is 11.4 Å². The average molecular weight is 302 g/mol. The maximum atomic E-state index is 11.3. The van der Waals surface area contributed by atoms with E-state index >= 15 is 0 Å². The first kappa shape index (κ1) is 15.6. The van der Waals surface area contributed by atoms with Crippen molar-refractivity contribution in [1.29, 1.82) is 0 Å². The molecule has 6 nitrogen and oxygen atoms in total. The second-order valence-electron chi connectivity index (χ2n) is 5.11. The molecule has 22 heavy (non-hydrogen) atoms. The van der Waals surface area contributed by atoms with E-state index in [1.54, 1.807) is 13.8 Å². The highest BCUT2D eigenvalue weighted by molar-refractivity contribution is 6.01. The Hall–Kier alpha value is -2.76. The molecule has 0 aliphatic carbocycles. The molecule has 0 radical (unpaired) electrons. The van der Waals surface area contributed by atoms with Gasteiger partial charge in [-0.25, -0.2) is 0 Å². The number of hydrogen-bond acceptors (Lipinski definition) is 5. The molecule has 0 bridgehead atoms. The third-order valence-electron chi connectivity index (χ3n) is 3.28. The van der Waals surface area contributed by atoms with Gasteiger partial charge in [-0.15, -0.1) is 4.73 Å². The van der Waals surface area contributed by atoms with Crippen LogP contribution in [-0.2, 0) is 11.4 Å². The molecular weight excluding hydrogens is 284 g/mol. The molecule has 0 fully saturated rings. The van der Waals surface area contributed by atoms with Gasteiger partial charge in [0.2, 0.25) is 5.88 Å². The standard InChI is InChI=1S/C16H18N2O4/c1-10-4-6-13(7-5-10)9-22-17-12(3)15-11(2)8-14(19)18(21)16(15)20/h4-8,20-21H,9H2,1-3H3/b17-12-. The van der Waals surface area contributed by atoms with Gasteiger partial charge in [-0.2, -0.15) is 0 Å². The van der Waals surface area contributed by atoms with E-state index in [-0.39, 0.29) is 16.9 Å². The van der Waals surface area contributed by atoms with Crippen LogP contribution in [0.3, 0.4) is 0 Å². The Kier molecular flexibility index (Phi) is 4.50. The predicted molar refractivity (Wildman–Crippen MR) is 82.5 cm³/mol. The number of hydrogen-bond donors (Lipinski definition) is 2. The second-order valence-corrected chi connectivity index (χ2v) is 5.11. The van der Waals surface area contributed by atoms with Crippen molar-refractivity contribution in [2.75, 3.05) is 0 Å². The third kappa shape index (κ3) is 3.28. The molecule has 2 N–H and O–H groups in total. The zero-order chi connectivity index (χ0) is 16.3. The highest BCUT2D eigenvalue weighted by atomic mass is 16.6. The minimum absolute atomic E-state index is 0.182. The molecule has 0 spiro atoms. The van der Waals surface area contributed by atoms with Gasteiger partial charge in [0.15, 0.2) is 0 Å². The normalized spacial score (nSPS) is 11.5. The van der Waals surface area contributed by atoms with E-state index in [0.29, 0.717) is 11.3 Å². The summed E-state index contributed by atoms with van der Waals surface area (Å²) in [4.78, 5) is 16.6. The van der Waals surface area contributed by atoms with Gasteiger partial charge in [0, 0.05) is 6.07 Å². The lowest BCUT2D eigenvalue weighted by atomic mass is 10.1. The van der Waals surface area contributed by atoms with Crippen molar-refractivity contribution in [3.05, 3.63) is 62.9 Å². The minimum atomic E-state index is -0.702. The summed E-state index contributed by atoms with van der Waals surface area (Å²) in [5, 5.41) is 23.2. The Bertz CT molecular complexity index is 761. The lowest BCUT2D eigenvalue weighted by molar-refractivity contribution is 0.129. The molecule has 6 heteroatoms. The Balaban J connectivity index is 2.18. The van der Waals surface area contributed by atoms with Crippen molar-refractivity contribution in [3.8, 4) is 5.88 Å². The molecule has 2 rings (SSSR count). The van der Waals surface area contributed by atoms with Crippen molar-refractivity contribution in [2.45, 2.75) is 27.4 Å². The topological polar surface area (TPSA) is 84.0 Å². The van der Waals surface area contributed by atoms with E-state index in [9.17, 15) is 15.1 Å². The molecule has 1 aromatic carbocycles. The van der Waals surface area contributed by atoms with E-state index in [0.717, 1.165) is 11.1 Å². The fraction of sp³-hybridized carbons (Fsp3) is 0.250. The quantitative estimate of drug-likeness (QED) is 0.516. The summed E-state index contributed by atoms with van der Waals surface area (Å²) < 4.78 is 0.182. The summed E-state index contributed by atoms with van der Waals surface area (Å²) in [5.41, 5.74) is 2.57. The van der Waals surface area contributed by atoms with Crippen molar-refractivity contribution in [1.82, 2.24) is 4.73 Å². The molecule has 2 aromatic rings. The molecule has 0 atom stereocenters. The average Bonchev–Trinajstić information content (AvgIpc) is 2.47. The number of aromatic nitrogens is 1. The zero-order valence-electron chi connectivity index (χ0n) is 12.7. The number of benzene rings is 1. The van der Waals surface area contributed by atoms with Crippen LogP contribution in [0.25, 0.3) is 0 Å². The summed E-state index contributed by atoms with van der Waals surface area (Å²) >= 11 is 0. The number of rotatable bonds is 4. The summed E-state index contributed by atoms with van der Waals surface area (Å²) in [6.07, 6.45) is 0. The van der Waals surface area contributed by atoms with Gasteiger partial charge < -0.3 is 15.2 Å². The molecular formula is C16H18N2O4. The predicted octanol–water partition coefficient (Wildman–Crippen LogP) is 2.35. The molecule has 0 aliphatic rings. The van der Waals surface area contributed by atoms with Crippen LogP contribution in [0.4, 0.5) is 0 Å². The van der Waals surface area contributed by atoms with Crippen LogP contribution >= 0.6 is 0 Å². The Labute approximate surface area is 127 Å². The summed E-state index contributed by atoms with van der Waals surface area (Å²) in [6, 6.07) is 9.06. The van der Waals surface area contributed by atoms with Crippen LogP contribution in [0.1, 0.15) is 29.2 Å². The molecule has 0 saturated heterocycles. The summed E-state index contributed by atoms with van der Waals surface area (Å²) in [7, 11) is 0. The fourth-order valence-corrected chi connectivity index (χ4v) is 2.09. The number of nitrogens with zero attached hydrogens (tertiary/aromatic N) is 2. The SMILES string of the molecule is C/C(=N/OCc1ccc(C)cc1)c1c(C)cc(=O)n(O)c1O. The smallest absolute Gasteiger partial charge is 0.286 e. The summed E-state index contributed by atoms with van der Waals surface area (Å²) in [6.45, 7) is 5.57. The van der Waals surface area contributed by atoms with Crippen LogP contribution in [-0.4, -0.2) is 20.8 Å². The van der Waals surface area contributed by atoms with Crippen LogP contribution < -0.4 is 5.56 Å². The highest BCUT2D eigenvalue weighted by Crippen LogP contribution is 2.19. The molecule has 116 valence electrons. The second kappa shape index (κ2) is 6.34. The summed E-state index contributed by atoms with van der Waals surface area (Å²) in [5.74, 6) is -0.551. The van der Waals surface area contributed by atoms with Gasteiger partial charge in [0.05, 0.1) is 11.3 Å². The third-order valence-corrected chi connectivity index (χ3v) is 3.28. The van der Waals surface area contributed by atoms with Gasteiger partial charge in [-0.05, 0) is 31.9 Å². The number of aromatic hydroxyl groups is 1. The maximum absolute atomic E-state index is 11.3. The first-order valence-electron chi connectivity index (χ1n) is 6.77. The van der Waals surface area contributed by atoms with Crippen molar-refractivity contribution >= 4 is 5.71 Å². The Morgan fingerprint density at radius 1 is 1.27 bits per heavy atom. The Morgan fingerprint density at radius 3 is 2.55 bits per heavy atom. The van der Waals surface area contributed by atoms with Gasteiger partial charge in [-0.1, -0.05) is 35.0 Å². The monoisotopic (exact) mass is 302 g/mol. The number of aryl methyl sites for hydroxylation is 2. The molecule has 0 amide bonds. The number of oxime groups is 1. The van der Waals surface area contributed by atoms with Crippen LogP contribution in [0.5, 0.6) is 5.88 Å². The van der Waals surface area contributed by atoms with Gasteiger partial charge in [-0.3, -0.25) is 4.79 Å². The van der Waals surface area contributed by atoms with Crippen molar-refractivity contribution < 1.29 is 15.2 Å². The molecule has 0 unspecified atom stereocenters. The molecule has 0 aliphatic heterocycles. The first-order valence-corrected chi connectivity index (χ1v) is 6.77. The van der Waals surface area contributed by atoms with E-state index in [1.165, 1.54) is 6.07 Å². The molecule has 1 heterocycles. The fourth-order valence-electron chi connectivity index (χ4n) is 2.09. The van der Waals surface area contributed by atoms with E-state index in [4.69, 9.17) is 4.84 Å². The zero-order valence-corrected chi connectivity index (χ0v) is 12.7. The highest BCUT2D eigenvalue weighted by Gasteiger charge is 2.15. The van der Waals surface area contributed by atoms with Crippen LogP contribution in [0.15, 0.2) is 40.3 Å². The lowest BCUT2D eigenvalue weighted by Gasteiger charge is -2.10.